The molecule has 0 aromatic heterocycles. The molecule has 0 aliphatic carbocycles. The molecule has 0 aliphatic rings. The average molecular weight is 277 g/mol. The Morgan fingerprint density at radius 3 is 2.39 bits per heavy atom. The van der Waals surface area contributed by atoms with Crippen LogP contribution in [0, 0.1) is 11.3 Å². The van der Waals surface area contributed by atoms with E-state index in [0.717, 1.165) is 0 Å². The van der Waals surface area contributed by atoms with E-state index < -0.39 is 33.2 Å². The van der Waals surface area contributed by atoms with E-state index in [0.29, 0.717) is 0 Å². The second-order valence-electron chi connectivity index (χ2n) is 3.58. The third-order valence-corrected chi connectivity index (χ3v) is 3.97. The first kappa shape index (κ1) is 16.3. The molecule has 0 rings (SSSR count). The number of nitrogens with two attached hydrogens (primary N) is 1. The van der Waals surface area contributed by atoms with Crippen LogP contribution in [0.15, 0.2) is 0 Å². The van der Waals surface area contributed by atoms with E-state index in [2.05, 4.69) is 0 Å². The van der Waals surface area contributed by atoms with Crippen molar-refractivity contribution in [2.75, 3.05) is 0 Å². The molecule has 1 amide bonds. The normalized spacial score (nSPS) is 14.4. The number of hydrogen-bond donors (Lipinski definition) is 3. The maximum absolute atomic E-state index is 11.6. The molecule has 4 N–H and O–H groups in total. The third-order valence-electron chi connectivity index (χ3n) is 2.17. The van der Waals surface area contributed by atoms with Gasteiger partial charge in [-0.15, -0.1) is 0 Å². The quantitative estimate of drug-likeness (QED) is 0.513. The molecule has 0 aromatic carbocycles. The van der Waals surface area contributed by atoms with Crippen LogP contribution in [0.25, 0.3) is 0 Å². The summed E-state index contributed by atoms with van der Waals surface area (Å²) in [5, 5.41) is 16.1. The molecule has 0 radical (unpaired) electrons. The SMILES string of the molecule is CCC(C#N)S(=O)(=O)N[C@H](CCC(N)=O)C(=O)O. The summed E-state index contributed by atoms with van der Waals surface area (Å²) in [4.78, 5) is 21.4. The van der Waals surface area contributed by atoms with Crippen molar-refractivity contribution in [3.05, 3.63) is 0 Å². The number of carbonyl (C=O) groups is 2. The van der Waals surface area contributed by atoms with E-state index in [1.165, 1.54) is 6.92 Å². The first-order valence-corrected chi connectivity index (χ1v) is 6.71. The number of aliphatic carboxylic acids is 1. The number of sulfonamides is 1. The van der Waals surface area contributed by atoms with E-state index in [-0.39, 0.29) is 19.3 Å². The number of carbonyl (C=O) groups excluding carboxylic acids is 1. The second-order valence-corrected chi connectivity index (χ2v) is 5.48. The smallest absolute Gasteiger partial charge is 0.321 e. The van der Waals surface area contributed by atoms with Crippen LogP contribution in [0.1, 0.15) is 26.2 Å². The van der Waals surface area contributed by atoms with Crippen LogP contribution in [0.3, 0.4) is 0 Å². The Balaban J connectivity index is 4.84. The van der Waals surface area contributed by atoms with Gasteiger partial charge in [0.1, 0.15) is 6.04 Å². The fourth-order valence-electron chi connectivity index (χ4n) is 1.18. The molecule has 0 spiro atoms. The van der Waals surface area contributed by atoms with Crippen LogP contribution in [-0.2, 0) is 19.6 Å². The summed E-state index contributed by atoms with van der Waals surface area (Å²) < 4.78 is 25.2. The number of nitriles is 1. The molecule has 0 saturated heterocycles. The highest BCUT2D eigenvalue weighted by molar-refractivity contribution is 7.90. The number of primary amides is 1. The molecule has 8 nitrogen and oxygen atoms in total. The van der Waals surface area contributed by atoms with Crippen LogP contribution in [-0.4, -0.2) is 36.7 Å². The molecule has 0 aromatic rings. The Morgan fingerprint density at radius 2 is 2.06 bits per heavy atom. The molecule has 18 heavy (non-hydrogen) atoms. The Morgan fingerprint density at radius 1 is 1.50 bits per heavy atom. The predicted octanol–water partition coefficient (Wildman–Crippen LogP) is -1.07. The highest BCUT2D eigenvalue weighted by Crippen LogP contribution is 2.07. The second kappa shape index (κ2) is 6.93. The van der Waals surface area contributed by atoms with Crippen molar-refractivity contribution in [2.24, 2.45) is 5.73 Å². The highest BCUT2D eigenvalue weighted by atomic mass is 32.2. The molecule has 2 atom stereocenters. The Labute approximate surface area is 105 Å². The summed E-state index contributed by atoms with van der Waals surface area (Å²) in [7, 11) is -4.06. The zero-order chi connectivity index (χ0) is 14.3. The van der Waals surface area contributed by atoms with Gasteiger partial charge in [-0.25, -0.2) is 8.42 Å². The van der Waals surface area contributed by atoms with E-state index in [1.807, 2.05) is 4.72 Å². The molecule has 0 bridgehead atoms. The van der Waals surface area contributed by atoms with Crippen molar-refractivity contribution >= 4 is 21.9 Å². The molecule has 1 unspecified atom stereocenters. The zero-order valence-electron chi connectivity index (χ0n) is 9.79. The Kier molecular flexibility index (Phi) is 6.29. The Hall–Kier alpha value is -1.66. The lowest BCUT2D eigenvalue weighted by Gasteiger charge is -2.16. The van der Waals surface area contributed by atoms with Gasteiger partial charge in [-0.2, -0.15) is 9.98 Å². The van der Waals surface area contributed by atoms with Gasteiger partial charge in [0.05, 0.1) is 6.07 Å². The van der Waals surface area contributed by atoms with Gasteiger partial charge in [0, 0.05) is 6.42 Å². The summed E-state index contributed by atoms with van der Waals surface area (Å²) in [5.41, 5.74) is 4.86. The topological polar surface area (TPSA) is 150 Å². The van der Waals surface area contributed by atoms with Gasteiger partial charge < -0.3 is 10.8 Å². The number of carboxylic acid groups (broad SMARTS) is 1. The first-order chi connectivity index (χ1) is 8.24. The van der Waals surface area contributed by atoms with E-state index in [4.69, 9.17) is 16.1 Å². The summed E-state index contributed by atoms with van der Waals surface area (Å²) >= 11 is 0. The van der Waals surface area contributed by atoms with Crippen LogP contribution in [0.2, 0.25) is 0 Å². The van der Waals surface area contributed by atoms with Gasteiger partial charge in [0.25, 0.3) is 0 Å². The van der Waals surface area contributed by atoms with Crippen LogP contribution in [0.5, 0.6) is 0 Å². The lowest BCUT2D eigenvalue weighted by atomic mass is 10.2. The molecule has 0 saturated carbocycles. The number of rotatable bonds is 8. The highest BCUT2D eigenvalue weighted by Gasteiger charge is 2.30. The molecular formula is C9H15N3O5S. The zero-order valence-corrected chi connectivity index (χ0v) is 10.6. The van der Waals surface area contributed by atoms with Crippen molar-refractivity contribution in [3.8, 4) is 6.07 Å². The number of amides is 1. The molecule has 0 fully saturated rings. The van der Waals surface area contributed by atoms with Crippen molar-refractivity contribution in [1.29, 1.82) is 5.26 Å². The predicted molar refractivity (Wildman–Crippen MR) is 61.6 cm³/mol. The summed E-state index contributed by atoms with van der Waals surface area (Å²) in [6, 6.07) is 0.0985. The number of carboxylic acids is 1. The van der Waals surface area contributed by atoms with Gasteiger partial charge in [-0.05, 0) is 12.8 Å². The average Bonchev–Trinajstić information content (AvgIpc) is 2.24. The maximum Gasteiger partial charge on any atom is 0.321 e. The number of nitrogens with one attached hydrogen (secondary N) is 1. The third kappa shape index (κ3) is 5.11. The van der Waals surface area contributed by atoms with Crippen molar-refractivity contribution < 1.29 is 23.1 Å². The van der Waals surface area contributed by atoms with E-state index in [9.17, 15) is 18.0 Å². The molecule has 102 valence electrons. The minimum Gasteiger partial charge on any atom is -0.480 e. The summed E-state index contributed by atoms with van der Waals surface area (Å²) in [6.45, 7) is 1.49. The van der Waals surface area contributed by atoms with Crippen LogP contribution >= 0.6 is 0 Å². The fourth-order valence-corrected chi connectivity index (χ4v) is 2.54. The van der Waals surface area contributed by atoms with E-state index >= 15 is 0 Å². The van der Waals surface area contributed by atoms with Gasteiger partial charge in [0.15, 0.2) is 5.25 Å². The minimum absolute atomic E-state index is 0.0357. The molecule has 0 aliphatic heterocycles. The lowest BCUT2D eigenvalue weighted by molar-refractivity contribution is -0.139. The molecule has 0 heterocycles. The van der Waals surface area contributed by atoms with Crippen molar-refractivity contribution in [3.63, 3.8) is 0 Å². The minimum atomic E-state index is -4.06. The monoisotopic (exact) mass is 277 g/mol. The summed E-state index contributed by atoms with van der Waals surface area (Å²) in [5.74, 6) is -2.15. The first-order valence-electron chi connectivity index (χ1n) is 5.16. The van der Waals surface area contributed by atoms with Crippen LogP contribution < -0.4 is 10.5 Å². The van der Waals surface area contributed by atoms with Crippen LogP contribution in [0.4, 0.5) is 0 Å². The maximum atomic E-state index is 11.6. The largest absolute Gasteiger partial charge is 0.480 e. The van der Waals surface area contributed by atoms with Gasteiger partial charge in [0.2, 0.25) is 15.9 Å². The Bertz CT molecular complexity index is 453. The van der Waals surface area contributed by atoms with Gasteiger partial charge >= 0.3 is 5.97 Å². The number of hydrogen-bond acceptors (Lipinski definition) is 5. The van der Waals surface area contributed by atoms with Gasteiger partial charge in [-0.1, -0.05) is 6.92 Å². The van der Waals surface area contributed by atoms with Gasteiger partial charge in [-0.3, -0.25) is 9.59 Å². The summed E-state index contributed by atoms with van der Waals surface area (Å²) in [6.07, 6.45) is -0.484. The lowest BCUT2D eigenvalue weighted by Crippen LogP contribution is -2.45. The number of nitrogens with zero attached hydrogens (tertiary/aromatic N) is 1. The molecule has 9 heteroatoms. The van der Waals surface area contributed by atoms with Crippen molar-refractivity contribution in [2.45, 2.75) is 37.5 Å². The fraction of sp³-hybridized carbons (Fsp3) is 0.667. The molecular weight excluding hydrogens is 262 g/mol. The van der Waals surface area contributed by atoms with Crippen molar-refractivity contribution in [1.82, 2.24) is 4.72 Å². The standard InChI is InChI=1S/C9H15N3O5S/c1-2-6(5-10)18(16,17)12-7(9(14)15)3-4-8(11)13/h6-7,12H,2-4H2,1H3,(H2,11,13)(H,14,15)/t6?,7-/m1/s1. The van der Waals surface area contributed by atoms with E-state index in [1.54, 1.807) is 6.07 Å².